The minimum absolute atomic E-state index is 0.141. The van der Waals surface area contributed by atoms with Crippen LogP contribution in [0.3, 0.4) is 0 Å². The number of nitrogens with one attached hydrogen (secondary N) is 1. The topological polar surface area (TPSA) is 46.2 Å². The van der Waals surface area contributed by atoms with Crippen molar-refractivity contribution in [1.29, 1.82) is 0 Å². The molecule has 0 aromatic heterocycles. The zero-order valence-electron chi connectivity index (χ0n) is 8.13. The quantitative estimate of drug-likeness (QED) is 0.926. The van der Waals surface area contributed by atoms with Crippen LogP contribution in [0.2, 0.25) is 0 Å². The SMILES string of the molecule is CCCNS(=O)(=O)c1cccc(Br)c1F. The fourth-order valence-electron chi connectivity index (χ4n) is 1.01. The molecule has 0 radical (unpaired) electrons. The van der Waals surface area contributed by atoms with Crippen molar-refractivity contribution in [2.75, 3.05) is 6.54 Å². The van der Waals surface area contributed by atoms with Crippen molar-refractivity contribution in [3.8, 4) is 0 Å². The van der Waals surface area contributed by atoms with Gasteiger partial charge in [-0.3, -0.25) is 0 Å². The highest BCUT2D eigenvalue weighted by atomic mass is 79.9. The second kappa shape index (κ2) is 5.05. The Bertz CT molecular complexity index is 447. The van der Waals surface area contributed by atoms with Crippen molar-refractivity contribution in [3.63, 3.8) is 0 Å². The number of benzene rings is 1. The number of hydrogen-bond donors (Lipinski definition) is 1. The largest absolute Gasteiger partial charge is 0.243 e. The summed E-state index contributed by atoms with van der Waals surface area (Å²) in [5.41, 5.74) is 0. The van der Waals surface area contributed by atoms with Gasteiger partial charge in [-0.05, 0) is 34.5 Å². The van der Waals surface area contributed by atoms with Gasteiger partial charge in [0.2, 0.25) is 10.0 Å². The standard InChI is InChI=1S/C9H11BrFNO2S/c1-2-6-12-15(13,14)8-5-3-4-7(10)9(8)11/h3-5,12H,2,6H2,1H3. The van der Waals surface area contributed by atoms with Crippen molar-refractivity contribution in [3.05, 3.63) is 28.5 Å². The predicted octanol–water partition coefficient (Wildman–Crippen LogP) is 2.28. The Morgan fingerprint density at radius 1 is 1.47 bits per heavy atom. The molecule has 3 nitrogen and oxygen atoms in total. The van der Waals surface area contributed by atoms with Gasteiger partial charge in [-0.2, -0.15) is 0 Å². The molecule has 0 atom stereocenters. The zero-order chi connectivity index (χ0) is 11.5. The van der Waals surface area contributed by atoms with Crippen molar-refractivity contribution in [2.24, 2.45) is 0 Å². The Labute approximate surface area is 96.9 Å². The summed E-state index contributed by atoms with van der Waals surface area (Å²) in [6.45, 7) is 2.13. The third kappa shape index (κ3) is 2.99. The minimum Gasteiger partial charge on any atom is -0.211 e. The highest BCUT2D eigenvalue weighted by Crippen LogP contribution is 2.21. The Balaban J connectivity index is 3.10. The lowest BCUT2D eigenvalue weighted by Gasteiger charge is -2.07. The van der Waals surface area contributed by atoms with Crippen molar-refractivity contribution in [2.45, 2.75) is 18.2 Å². The molecule has 1 aromatic rings. The molecule has 0 spiro atoms. The van der Waals surface area contributed by atoms with Crippen LogP contribution in [0.25, 0.3) is 0 Å². The van der Waals surface area contributed by atoms with Crippen LogP contribution in [0.15, 0.2) is 27.6 Å². The van der Waals surface area contributed by atoms with Crippen LogP contribution >= 0.6 is 15.9 Å². The fourth-order valence-corrected chi connectivity index (χ4v) is 2.74. The third-order valence-corrected chi connectivity index (χ3v) is 3.84. The molecule has 84 valence electrons. The molecule has 1 aromatic carbocycles. The van der Waals surface area contributed by atoms with E-state index in [2.05, 4.69) is 20.7 Å². The van der Waals surface area contributed by atoms with Crippen LogP contribution in [-0.4, -0.2) is 15.0 Å². The summed E-state index contributed by atoms with van der Waals surface area (Å²) in [7, 11) is -3.73. The van der Waals surface area contributed by atoms with E-state index in [1.54, 1.807) is 0 Å². The van der Waals surface area contributed by atoms with E-state index >= 15 is 0 Å². The van der Waals surface area contributed by atoms with Crippen molar-refractivity contribution < 1.29 is 12.8 Å². The molecule has 0 aliphatic carbocycles. The summed E-state index contributed by atoms with van der Waals surface area (Å²) in [4.78, 5) is -0.328. The monoisotopic (exact) mass is 295 g/mol. The first kappa shape index (κ1) is 12.6. The Hall–Kier alpha value is -0.460. The lowest BCUT2D eigenvalue weighted by Crippen LogP contribution is -2.25. The molecule has 15 heavy (non-hydrogen) atoms. The molecule has 0 fully saturated rings. The van der Waals surface area contributed by atoms with Crippen molar-refractivity contribution in [1.82, 2.24) is 4.72 Å². The average Bonchev–Trinajstić information content (AvgIpc) is 2.19. The first-order chi connectivity index (χ1) is 6.99. The second-order valence-corrected chi connectivity index (χ2v) is 5.54. The third-order valence-electron chi connectivity index (χ3n) is 1.75. The van der Waals surface area contributed by atoms with E-state index in [4.69, 9.17) is 0 Å². The molecule has 0 aliphatic heterocycles. The van der Waals surface area contributed by atoms with E-state index in [9.17, 15) is 12.8 Å². The summed E-state index contributed by atoms with van der Waals surface area (Å²) in [5, 5.41) is 0. The summed E-state index contributed by atoms with van der Waals surface area (Å²) in [6.07, 6.45) is 0.662. The number of hydrogen-bond acceptors (Lipinski definition) is 2. The smallest absolute Gasteiger partial charge is 0.211 e. The predicted molar refractivity (Wildman–Crippen MR) is 59.6 cm³/mol. The van der Waals surface area contributed by atoms with Crippen LogP contribution in [0, 0.1) is 5.82 Å². The molecular formula is C9H11BrFNO2S. The van der Waals surface area contributed by atoms with Crippen LogP contribution in [-0.2, 0) is 10.0 Å². The summed E-state index contributed by atoms with van der Waals surface area (Å²) < 4.78 is 39.1. The number of halogens is 2. The second-order valence-electron chi connectivity index (χ2n) is 2.95. The molecule has 6 heteroatoms. The van der Waals surface area contributed by atoms with Gasteiger partial charge >= 0.3 is 0 Å². The lowest BCUT2D eigenvalue weighted by molar-refractivity contribution is 0.554. The maximum absolute atomic E-state index is 13.5. The van der Waals surface area contributed by atoms with Gasteiger partial charge < -0.3 is 0 Å². The first-order valence-corrected chi connectivity index (χ1v) is 6.70. The van der Waals surface area contributed by atoms with Crippen molar-refractivity contribution >= 4 is 26.0 Å². The van der Waals surface area contributed by atoms with E-state index in [0.717, 1.165) is 0 Å². The van der Waals surface area contributed by atoms with E-state index in [0.29, 0.717) is 13.0 Å². The Kier molecular flexibility index (Phi) is 4.24. The number of rotatable bonds is 4. The van der Waals surface area contributed by atoms with Gasteiger partial charge in [0.1, 0.15) is 4.90 Å². The summed E-state index contributed by atoms with van der Waals surface area (Å²) in [6, 6.07) is 4.17. The molecule has 0 saturated carbocycles. The number of sulfonamides is 1. The van der Waals surface area contributed by atoms with Gasteiger partial charge in [0.25, 0.3) is 0 Å². The van der Waals surface area contributed by atoms with E-state index in [1.165, 1.54) is 18.2 Å². The molecule has 0 bridgehead atoms. The fraction of sp³-hybridized carbons (Fsp3) is 0.333. The van der Waals surface area contributed by atoms with E-state index in [-0.39, 0.29) is 9.37 Å². The first-order valence-electron chi connectivity index (χ1n) is 4.42. The van der Waals surface area contributed by atoms with Gasteiger partial charge in [-0.15, -0.1) is 0 Å². The Morgan fingerprint density at radius 2 is 2.13 bits per heavy atom. The van der Waals surface area contributed by atoms with Gasteiger partial charge in [0.15, 0.2) is 5.82 Å². The molecule has 0 heterocycles. The average molecular weight is 296 g/mol. The molecule has 0 unspecified atom stereocenters. The van der Waals surface area contributed by atoms with E-state index < -0.39 is 15.8 Å². The molecule has 0 saturated heterocycles. The van der Waals surface area contributed by atoms with Gasteiger partial charge in [0, 0.05) is 6.54 Å². The maximum Gasteiger partial charge on any atom is 0.243 e. The normalized spacial score (nSPS) is 11.7. The zero-order valence-corrected chi connectivity index (χ0v) is 10.5. The maximum atomic E-state index is 13.5. The van der Waals surface area contributed by atoms with Gasteiger partial charge in [-0.25, -0.2) is 17.5 Å². The molecule has 1 rings (SSSR count). The van der Waals surface area contributed by atoms with E-state index in [1.807, 2.05) is 6.92 Å². The summed E-state index contributed by atoms with van der Waals surface area (Å²) in [5.74, 6) is -0.763. The van der Waals surface area contributed by atoms with Crippen LogP contribution in [0.4, 0.5) is 4.39 Å². The molecule has 0 amide bonds. The van der Waals surface area contributed by atoms with Gasteiger partial charge in [0.05, 0.1) is 4.47 Å². The van der Waals surface area contributed by atoms with Gasteiger partial charge in [-0.1, -0.05) is 13.0 Å². The molecule has 1 N–H and O–H groups in total. The molecule has 0 aliphatic rings. The highest BCUT2D eigenvalue weighted by molar-refractivity contribution is 9.10. The summed E-state index contributed by atoms with van der Waals surface area (Å²) >= 11 is 2.94. The lowest BCUT2D eigenvalue weighted by atomic mass is 10.3. The van der Waals surface area contributed by atoms with Crippen LogP contribution in [0.1, 0.15) is 13.3 Å². The Morgan fingerprint density at radius 3 is 2.73 bits per heavy atom. The molecular weight excluding hydrogens is 285 g/mol. The van der Waals surface area contributed by atoms with Crippen LogP contribution in [0.5, 0.6) is 0 Å². The minimum atomic E-state index is -3.73. The van der Waals surface area contributed by atoms with Crippen LogP contribution < -0.4 is 4.72 Å². The highest BCUT2D eigenvalue weighted by Gasteiger charge is 2.19.